The van der Waals surface area contributed by atoms with Crippen molar-refractivity contribution in [3.8, 4) is 21.6 Å². The van der Waals surface area contributed by atoms with E-state index in [1.807, 2.05) is 37.4 Å². The largest absolute Gasteiger partial charge is 0.462 e. The second-order valence-electron chi connectivity index (χ2n) is 5.21. The van der Waals surface area contributed by atoms with Crippen LogP contribution in [0.5, 0.6) is 0 Å². The Morgan fingerprint density at radius 1 is 1.32 bits per heavy atom. The van der Waals surface area contributed by atoms with Crippen molar-refractivity contribution in [1.29, 1.82) is 0 Å². The third-order valence-electron chi connectivity index (χ3n) is 2.71. The monoisotopic (exact) mass is 334 g/mol. The second-order valence-corrected chi connectivity index (χ2v) is 7.24. The van der Waals surface area contributed by atoms with Gasteiger partial charge in [0, 0.05) is 16.2 Å². The van der Waals surface area contributed by atoms with Crippen LogP contribution in [0, 0.1) is 17.8 Å². The second kappa shape index (κ2) is 8.14. The first kappa shape index (κ1) is 16.8. The summed E-state index contributed by atoms with van der Waals surface area (Å²) in [5.74, 6) is 5.58. The van der Waals surface area contributed by atoms with Crippen molar-refractivity contribution < 1.29 is 14.6 Å². The fourth-order valence-electron chi connectivity index (χ4n) is 1.72. The number of carbonyl (C=O) groups excluding carboxylic acids is 1. The van der Waals surface area contributed by atoms with Crippen LogP contribution in [-0.2, 0) is 9.53 Å². The Morgan fingerprint density at radius 2 is 2.14 bits per heavy atom. The van der Waals surface area contributed by atoms with Gasteiger partial charge in [0.1, 0.15) is 12.7 Å². The van der Waals surface area contributed by atoms with Gasteiger partial charge < -0.3 is 9.84 Å². The minimum Gasteiger partial charge on any atom is -0.462 e. The maximum absolute atomic E-state index is 11.4. The molecule has 0 radical (unpaired) electrons. The topological polar surface area (TPSA) is 46.5 Å². The lowest BCUT2D eigenvalue weighted by molar-refractivity contribution is -0.146. The predicted octanol–water partition coefficient (Wildman–Crippen LogP) is 3.78. The summed E-state index contributed by atoms with van der Waals surface area (Å²) in [6.45, 7) is 3.81. The lowest BCUT2D eigenvalue weighted by Gasteiger charge is -2.07. The van der Waals surface area contributed by atoms with Gasteiger partial charge in [-0.3, -0.25) is 4.79 Å². The standard InChI is InChI=1S/C17H18O3S2/c1-12(2)10-17(19)20-11-13(18)5-6-14-7-8-16(22-14)15-4-3-9-21-15/h3-4,7-9,12-13,18H,10-11H2,1-2H3/t13-/m0/s1. The minimum atomic E-state index is -0.955. The first-order valence-electron chi connectivity index (χ1n) is 7.03. The third-order valence-corrected chi connectivity index (χ3v) is 4.78. The highest BCUT2D eigenvalue weighted by Gasteiger charge is 2.08. The molecule has 0 aliphatic rings. The molecule has 3 nitrogen and oxygen atoms in total. The lowest BCUT2D eigenvalue weighted by Crippen LogP contribution is -2.17. The van der Waals surface area contributed by atoms with Crippen molar-refractivity contribution in [3.63, 3.8) is 0 Å². The van der Waals surface area contributed by atoms with Crippen LogP contribution in [0.15, 0.2) is 29.6 Å². The van der Waals surface area contributed by atoms with E-state index in [9.17, 15) is 9.90 Å². The van der Waals surface area contributed by atoms with Gasteiger partial charge >= 0.3 is 5.97 Å². The Balaban J connectivity index is 1.86. The first-order valence-corrected chi connectivity index (χ1v) is 8.73. The maximum Gasteiger partial charge on any atom is 0.306 e. The average Bonchev–Trinajstić information content (AvgIpc) is 3.12. The third kappa shape index (κ3) is 5.30. The SMILES string of the molecule is CC(C)CC(=O)OC[C@@H](O)C#Cc1ccc(-c2cccs2)s1. The van der Waals surface area contributed by atoms with Crippen LogP contribution in [0.4, 0.5) is 0 Å². The van der Waals surface area contributed by atoms with Crippen molar-refractivity contribution in [1.82, 2.24) is 0 Å². The summed E-state index contributed by atoms with van der Waals surface area (Å²) in [6, 6.07) is 8.04. The zero-order chi connectivity index (χ0) is 15.9. The van der Waals surface area contributed by atoms with Crippen LogP contribution >= 0.6 is 22.7 Å². The van der Waals surface area contributed by atoms with E-state index in [-0.39, 0.29) is 18.5 Å². The van der Waals surface area contributed by atoms with Crippen molar-refractivity contribution >= 4 is 28.6 Å². The molecule has 5 heteroatoms. The minimum absolute atomic E-state index is 0.0816. The Bertz CT molecular complexity index is 660. The van der Waals surface area contributed by atoms with Gasteiger partial charge in [-0.25, -0.2) is 0 Å². The molecule has 2 aromatic heterocycles. The highest BCUT2D eigenvalue weighted by atomic mass is 32.1. The van der Waals surface area contributed by atoms with Crippen LogP contribution < -0.4 is 0 Å². The summed E-state index contributed by atoms with van der Waals surface area (Å²) < 4.78 is 4.98. The fraction of sp³-hybridized carbons (Fsp3) is 0.353. The molecule has 2 aromatic rings. The number of hydrogen-bond acceptors (Lipinski definition) is 5. The quantitative estimate of drug-likeness (QED) is 0.669. The van der Waals surface area contributed by atoms with E-state index in [1.165, 1.54) is 4.88 Å². The summed E-state index contributed by atoms with van der Waals surface area (Å²) in [5, 5.41) is 11.8. The Kier molecular flexibility index (Phi) is 6.20. The van der Waals surface area contributed by atoms with Gasteiger partial charge in [-0.05, 0) is 29.5 Å². The smallest absolute Gasteiger partial charge is 0.306 e. The zero-order valence-electron chi connectivity index (χ0n) is 12.5. The molecule has 0 aliphatic carbocycles. The molecular weight excluding hydrogens is 316 g/mol. The highest BCUT2D eigenvalue weighted by molar-refractivity contribution is 7.21. The lowest BCUT2D eigenvalue weighted by atomic mass is 10.1. The fourth-order valence-corrected chi connectivity index (χ4v) is 3.42. The van der Waals surface area contributed by atoms with Crippen LogP contribution in [0.25, 0.3) is 9.75 Å². The number of thiophene rings is 2. The molecule has 0 amide bonds. The van der Waals surface area contributed by atoms with E-state index in [4.69, 9.17) is 4.74 Å². The zero-order valence-corrected chi connectivity index (χ0v) is 14.2. The number of aliphatic hydroxyl groups is 1. The molecule has 1 atom stereocenters. The van der Waals surface area contributed by atoms with Crippen LogP contribution in [0.1, 0.15) is 25.1 Å². The molecule has 0 spiro atoms. The maximum atomic E-state index is 11.4. The summed E-state index contributed by atoms with van der Waals surface area (Å²) in [7, 11) is 0. The molecule has 1 N–H and O–H groups in total. The predicted molar refractivity (Wildman–Crippen MR) is 90.9 cm³/mol. The molecule has 0 fully saturated rings. The number of carbonyl (C=O) groups is 1. The van der Waals surface area contributed by atoms with Crippen molar-refractivity contribution in [2.45, 2.75) is 26.4 Å². The summed E-state index contributed by atoms with van der Waals surface area (Å²) in [4.78, 5) is 14.6. The van der Waals surface area contributed by atoms with Gasteiger partial charge in [-0.15, -0.1) is 22.7 Å². The van der Waals surface area contributed by atoms with Gasteiger partial charge in [0.05, 0.1) is 4.88 Å². The number of hydrogen-bond donors (Lipinski definition) is 1. The molecule has 116 valence electrons. The van der Waals surface area contributed by atoms with E-state index >= 15 is 0 Å². The van der Waals surface area contributed by atoms with E-state index in [0.29, 0.717) is 6.42 Å². The van der Waals surface area contributed by atoms with Crippen LogP contribution in [0.2, 0.25) is 0 Å². The number of aliphatic hydroxyl groups excluding tert-OH is 1. The van der Waals surface area contributed by atoms with Gasteiger partial charge in [-0.2, -0.15) is 0 Å². The molecule has 2 rings (SSSR count). The molecule has 0 unspecified atom stereocenters. The summed E-state index contributed by atoms with van der Waals surface area (Å²) in [6.07, 6.45) is -0.599. The molecular formula is C17H18O3S2. The van der Waals surface area contributed by atoms with E-state index in [2.05, 4.69) is 17.9 Å². The van der Waals surface area contributed by atoms with E-state index in [0.717, 1.165) is 9.75 Å². The molecule has 22 heavy (non-hydrogen) atoms. The molecule has 0 saturated carbocycles. The highest BCUT2D eigenvalue weighted by Crippen LogP contribution is 2.30. The Morgan fingerprint density at radius 3 is 2.82 bits per heavy atom. The molecule has 0 aromatic carbocycles. The van der Waals surface area contributed by atoms with Gasteiger partial charge in [-0.1, -0.05) is 31.8 Å². The molecule has 0 bridgehead atoms. The number of ether oxygens (including phenoxy) is 1. The van der Waals surface area contributed by atoms with E-state index < -0.39 is 6.10 Å². The molecule has 2 heterocycles. The molecule has 0 aliphatic heterocycles. The number of rotatable bonds is 5. The van der Waals surface area contributed by atoms with Crippen molar-refractivity contribution in [2.75, 3.05) is 6.61 Å². The van der Waals surface area contributed by atoms with Crippen LogP contribution in [0.3, 0.4) is 0 Å². The Labute approximate surface area is 138 Å². The summed E-state index contributed by atoms with van der Waals surface area (Å²) >= 11 is 3.27. The normalized spacial score (nSPS) is 11.8. The van der Waals surface area contributed by atoms with E-state index in [1.54, 1.807) is 22.7 Å². The van der Waals surface area contributed by atoms with Gasteiger partial charge in [0.25, 0.3) is 0 Å². The summed E-state index contributed by atoms with van der Waals surface area (Å²) in [5.41, 5.74) is 0. The van der Waals surface area contributed by atoms with Crippen molar-refractivity contribution in [2.24, 2.45) is 5.92 Å². The average molecular weight is 334 g/mol. The first-order chi connectivity index (χ1) is 10.5. The van der Waals surface area contributed by atoms with Gasteiger partial charge in [0.2, 0.25) is 0 Å². The van der Waals surface area contributed by atoms with Gasteiger partial charge in [0.15, 0.2) is 0 Å². The van der Waals surface area contributed by atoms with Crippen molar-refractivity contribution in [3.05, 3.63) is 34.5 Å². The van der Waals surface area contributed by atoms with Crippen LogP contribution in [-0.4, -0.2) is 23.8 Å². The number of esters is 1. The Hall–Kier alpha value is -1.61. The molecule has 0 saturated heterocycles.